The molecule has 2 aliphatic rings. The summed E-state index contributed by atoms with van der Waals surface area (Å²) in [5.41, 5.74) is 0.744. The number of ether oxygens (including phenoxy) is 2. The Labute approximate surface area is 201 Å². The quantitative estimate of drug-likeness (QED) is 0.232. The maximum absolute atomic E-state index is 13.5. The van der Waals surface area contributed by atoms with E-state index in [2.05, 4.69) is 20.1 Å². The van der Waals surface area contributed by atoms with E-state index in [1.807, 2.05) is 7.05 Å². The lowest BCUT2D eigenvalue weighted by atomic mass is 10.1. The van der Waals surface area contributed by atoms with Crippen molar-refractivity contribution in [1.29, 1.82) is 0 Å². The summed E-state index contributed by atoms with van der Waals surface area (Å²) < 4.78 is 37.7. The van der Waals surface area contributed by atoms with Gasteiger partial charge in [-0.1, -0.05) is 0 Å². The van der Waals surface area contributed by atoms with Crippen molar-refractivity contribution in [3.8, 4) is 0 Å². The molecule has 9 heteroatoms. The highest BCUT2D eigenvalue weighted by atomic mass is 127. The van der Waals surface area contributed by atoms with Crippen LogP contribution in [0.3, 0.4) is 0 Å². The van der Waals surface area contributed by atoms with Crippen LogP contribution in [0.15, 0.2) is 23.2 Å². The molecular weight excluding hydrogens is 517 g/mol. The van der Waals surface area contributed by atoms with Crippen LogP contribution in [-0.4, -0.2) is 77.1 Å². The molecule has 1 N–H and O–H groups in total. The van der Waals surface area contributed by atoms with Crippen molar-refractivity contribution in [3.63, 3.8) is 0 Å². The van der Waals surface area contributed by atoms with Crippen LogP contribution < -0.4 is 10.2 Å². The topological polar surface area (TPSA) is 49.3 Å². The lowest BCUT2D eigenvalue weighted by Gasteiger charge is -2.34. The predicted octanol–water partition coefficient (Wildman–Crippen LogP) is 3.50. The number of nitrogens with one attached hydrogen (secondary N) is 1. The second-order valence-electron chi connectivity index (χ2n) is 8.03. The predicted molar refractivity (Wildman–Crippen MR) is 130 cm³/mol. The lowest BCUT2D eigenvalue weighted by Crippen LogP contribution is -2.48. The Balaban J connectivity index is 0.00000341. The summed E-state index contributed by atoms with van der Waals surface area (Å²) in [6, 6.07) is 4.13. The molecule has 1 aromatic rings. The van der Waals surface area contributed by atoms with Gasteiger partial charge in [0.1, 0.15) is 0 Å². The number of halogens is 3. The van der Waals surface area contributed by atoms with Gasteiger partial charge in [0, 0.05) is 71.8 Å². The fourth-order valence-electron chi connectivity index (χ4n) is 4.17. The van der Waals surface area contributed by atoms with Crippen LogP contribution in [0.4, 0.5) is 14.5 Å². The molecule has 31 heavy (non-hydrogen) atoms. The van der Waals surface area contributed by atoms with E-state index in [-0.39, 0.29) is 24.0 Å². The van der Waals surface area contributed by atoms with Crippen LogP contribution in [0.25, 0.3) is 0 Å². The molecule has 0 spiro atoms. The molecule has 176 valence electrons. The number of likely N-dealkylation sites (tertiary alicyclic amines) is 1. The first-order valence-electron chi connectivity index (χ1n) is 10.9. The fraction of sp³-hybridized carbons (Fsp3) is 0.682. The van der Waals surface area contributed by atoms with Gasteiger partial charge in [-0.3, -0.25) is 4.99 Å². The zero-order valence-corrected chi connectivity index (χ0v) is 20.8. The fourth-order valence-corrected chi connectivity index (χ4v) is 4.17. The molecule has 0 amide bonds. The van der Waals surface area contributed by atoms with E-state index in [9.17, 15) is 8.78 Å². The number of guanidine groups is 1. The van der Waals surface area contributed by atoms with Crippen LogP contribution in [0, 0.1) is 17.6 Å². The second kappa shape index (κ2) is 13.4. The molecule has 1 atom stereocenters. The maximum atomic E-state index is 13.5. The van der Waals surface area contributed by atoms with E-state index >= 15 is 0 Å². The molecule has 2 fully saturated rings. The maximum Gasteiger partial charge on any atom is 0.193 e. The van der Waals surface area contributed by atoms with Gasteiger partial charge in [0.05, 0.1) is 6.10 Å². The number of piperidine rings is 1. The first-order chi connectivity index (χ1) is 14.6. The minimum atomic E-state index is -0.802. The summed E-state index contributed by atoms with van der Waals surface area (Å²) in [4.78, 5) is 8.86. The summed E-state index contributed by atoms with van der Waals surface area (Å²) in [7, 11) is 3.53. The van der Waals surface area contributed by atoms with Gasteiger partial charge < -0.3 is 24.6 Å². The Morgan fingerprint density at radius 1 is 1.13 bits per heavy atom. The molecular formula is C22H35F2IN4O2. The molecule has 0 aromatic heterocycles. The second-order valence-corrected chi connectivity index (χ2v) is 8.03. The molecule has 1 aromatic carbocycles. The molecule has 1 unspecified atom stereocenters. The highest BCUT2D eigenvalue weighted by molar-refractivity contribution is 14.0. The summed E-state index contributed by atoms with van der Waals surface area (Å²) in [6.45, 7) is 5.85. The SMILES string of the molecule is CN=C(NCC1CCN(c2ccc(F)c(F)c2)C1)N1CCC(OCCCOC)CC1.I. The number of rotatable bonds is 8. The molecule has 2 saturated heterocycles. The zero-order chi connectivity index (χ0) is 21.3. The molecule has 0 aliphatic carbocycles. The third-order valence-electron chi connectivity index (χ3n) is 5.90. The Kier molecular flexibility index (Phi) is 11.2. The van der Waals surface area contributed by atoms with Gasteiger partial charge >= 0.3 is 0 Å². The highest BCUT2D eigenvalue weighted by Gasteiger charge is 2.26. The Morgan fingerprint density at radius 3 is 2.58 bits per heavy atom. The van der Waals surface area contributed by atoms with Gasteiger partial charge in [-0.2, -0.15) is 0 Å². The van der Waals surface area contributed by atoms with Crippen molar-refractivity contribution >= 4 is 35.6 Å². The smallest absolute Gasteiger partial charge is 0.193 e. The van der Waals surface area contributed by atoms with Gasteiger partial charge in [0.2, 0.25) is 0 Å². The molecule has 6 nitrogen and oxygen atoms in total. The molecule has 0 bridgehead atoms. The van der Waals surface area contributed by atoms with Crippen LogP contribution in [-0.2, 0) is 9.47 Å². The summed E-state index contributed by atoms with van der Waals surface area (Å²) in [5, 5.41) is 3.51. The van der Waals surface area contributed by atoms with Crippen molar-refractivity contribution in [2.75, 3.05) is 65.0 Å². The van der Waals surface area contributed by atoms with E-state index in [1.54, 1.807) is 13.2 Å². The van der Waals surface area contributed by atoms with Gasteiger partial charge in [0.15, 0.2) is 17.6 Å². The van der Waals surface area contributed by atoms with Crippen molar-refractivity contribution < 1.29 is 18.3 Å². The monoisotopic (exact) mass is 552 g/mol. The largest absolute Gasteiger partial charge is 0.385 e. The van der Waals surface area contributed by atoms with E-state index in [4.69, 9.17) is 9.47 Å². The van der Waals surface area contributed by atoms with E-state index < -0.39 is 11.6 Å². The molecule has 2 heterocycles. The number of anilines is 1. The Morgan fingerprint density at radius 2 is 1.90 bits per heavy atom. The van der Waals surface area contributed by atoms with Crippen molar-refractivity contribution in [2.45, 2.75) is 31.8 Å². The Hall–Kier alpha value is -1.20. The lowest BCUT2D eigenvalue weighted by molar-refractivity contribution is 0.00989. The van der Waals surface area contributed by atoms with Crippen molar-refractivity contribution in [1.82, 2.24) is 10.2 Å². The van der Waals surface area contributed by atoms with Crippen LogP contribution in [0.5, 0.6) is 0 Å². The average molecular weight is 552 g/mol. The third-order valence-corrected chi connectivity index (χ3v) is 5.90. The number of nitrogens with zero attached hydrogens (tertiary/aromatic N) is 3. The highest BCUT2D eigenvalue weighted by Crippen LogP contribution is 2.25. The zero-order valence-electron chi connectivity index (χ0n) is 18.5. The van der Waals surface area contributed by atoms with Crippen LogP contribution in [0.1, 0.15) is 25.7 Å². The average Bonchev–Trinajstić information content (AvgIpc) is 3.23. The van der Waals surface area contributed by atoms with E-state index in [0.717, 1.165) is 83.3 Å². The van der Waals surface area contributed by atoms with E-state index in [0.29, 0.717) is 12.0 Å². The summed E-state index contributed by atoms with van der Waals surface area (Å²) in [5.74, 6) is -0.222. The van der Waals surface area contributed by atoms with E-state index in [1.165, 1.54) is 12.1 Å². The molecule has 2 aliphatic heterocycles. The molecule has 3 rings (SSSR count). The Bertz CT molecular complexity index is 702. The summed E-state index contributed by atoms with van der Waals surface area (Å²) >= 11 is 0. The van der Waals surface area contributed by atoms with Crippen molar-refractivity contribution in [2.24, 2.45) is 10.9 Å². The molecule has 0 saturated carbocycles. The summed E-state index contributed by atoms with van der Waals surface area (Å²) in [6.07, 6.45) is 4.27. The first-order valence-corrected chi connectivity index (χ1v) is 10.9. The minimum Gasteiger partial charge on any atom is -0.385 e. The number of aliphatic imine (C=N–C) groups is 1. The number of hydrogen-bond donors (Lipinski definition) is 1. The van der Waals surface area contributed by atoms with Gasteiger partial charge in [-0.25, -0.2) is 8.78 Å². The number of benzene rings is 1. The first kappa shape index (κ1) is 26.1. The van der Waals surface area contributed by atoms with Crippen LogP contribution in [0.2, 0.25) is 0 Å². The van der Waals surface area contributed by atoms with Crippen LogP contribution >= 0.6 is 24.0 Å². The molecule has 0 radical (unpaired) electrons. The normalized spacial score (nSPS) is 20.1. The van der Waals surface area contributed by atoms with Crippen molar-refractivity contribution in [3.05, 3.63) is 29.8 Å². The number of methoxy groups -OCH3 is 1. The van der Waals surface area contributed by atoms with Gasteiger partial charge in [-0.05, 0) is 43.7 Å². The number of hydrogen-bond acceptors (Lipinski definition) is 4. The third kappa shape index (κ3) is 7.71. The minimum absolute atomic E-state index is 0. The van der Waals surface area contributed by atoms with Gasteiger partial charge in [0.25, 0.3) is 0 Å². The van der Waals surface area contributed by atoms with Gasteiger partial charge in [-0.15, -0.1) is 24.0 Å². The standard InChI is InChI=1S/C22H34F2N4O2.HI/c1-25-22(27-10-7-19(8-11-27)30-13-3-12-29-2)26-15-17-6-9-28(16-17)18-4-5-20(23)21(24)14-18;/h4-5,14,17,19H,3,6-13,15-16H2,1-2H3,(H,25,26);1H.